The molecular weight excluding hydrogens is 236 g/mol. The van der Waals surface area contributed by atoms with Crippen LogP contribution in [0.5, 0.6) is 0 Å². The third-order valence-corrected chi connectivity index (χ3v) is 3.35. The summed E-state index contributed by atoms with van der Waals surface area (Å²) in [6.07, 6.45) is 4.24. The van der Waals surface area contributed by atoms with Gasteiger partial charge in [-0.15, -0.1) is 0 Å². The van der Waals surface area contributed by atoms with E-state index in [-0.39, 0.29) is 6.42 Å². The molecule has 0 radical (unpaired) electrons. The molecule has 2 heterocycles. The molecule has 0 saturated heterocycles. The number of pyridine rings is 1. The second kappa shape index (κ2) is 5.23. The Balaban J connectivity index is 1.97. The number of carbonyl (C=O) groups is 1. The fraction of sp³-hybridized carbons (Fsp3) is 0.333. The first kappa shape index (κ1) is 12.0. The maximum Gasteiger partial charge on any atom is 0.304 e. The highest BCUT2D eigenvalue weighted by Crippen LogP contribution is 2.14. The molecule has 0 saturated carbocycles. The van der Waals surface area contributed by atoms with Gasteiger partial charge in [-0.3, -0.25) is 4.79 Å². The standard InChI is InChI=1S/C12H14N2O2S/c1-9-2-3-11-13-10(7-14(11)6-9)8-17-5-4-12(15)16/h2-3,6-7H,4-5,8H2,1H3,(H,15,16). The first-order valence-electron chi connectivity index (χ1n) is 5.39. The Labute approximate surface area is 104 Å². The van der Waals surface area contributed by atoms with Crippen LogP contribution in [0.1, 0.15) is 17.7 Å². The number of aliphatic carboxylic acids is 1. The number of aryl methyl sites for hydroxylation is 1. The summed E-state index contributed by atoms with van der Waals surface area (Å²) in [4.78, 5) is 14.8. The molecule has 17 heavy (non-hydrogen) atoms. The fourth-order valence-electron chi connectivity index (χ4n) is 1.56. The van der Waals surface area contributed by atoms with Crippen molar-refractivity contribution in [2.75, 3.05) is 5.75 Å². The van der Waals surface area contributed by atoms with Crippen molar-refractivity contribution in [2.45, 2.75) is 19.1 Å². The highest BCUT2D eigenvalue weighted by molar-refractivity contribution is 7.98. The predicted molar refractivity (Wildman–Crippen MR) is 68.3 cm³/mol. The average molecular weight is 250 g/mol. The van der Waals surface area contributed by atoms with Gasteiger partial charge in [0.1, 0.15) is 5.65 Å². The monoisotopic (exact) mass is 250 g/mol. The molecule has 2 aromatic heterocycles. The van der Waals surface area contributed by atoms with Crippen molar-refractivity contribution in [2.24, 2.45) is 0 Å². The fourth-order valence-corrected chi connectivity index (χ4v) is 2.37. The highest BCUT2D eigenvalue weighted by Gasteiger charge is 2.02. The van der Waals surface area contributed by atoms with E-state index in [9.17, 15) is 4.79 Å². The molecule has 0 amide bonds. The van der Waals surface area contributed by atoms with E-state index in [4.69, 9.17) is 5.11 Å². The van der Waals surface area contributed by atoms with Crippen LogP contribution in [0, 0.1) is 6.92 Å². The van der Waals surface area contributed by atoms with E-state index in [1.54, 1.807) is 11.8 Å². The highest BCUT2D eigenvalue weighted by atomic mass is 32.2. The summed E-state index contributed by atoms with van der Waals surface area (Å²) in [6, 6.07) is 4.02. The summed E-state index contributed by atoms with van der Waals surface area (Å²) in [5.41, 5.74) is 3.12. The van der Waals surface area contributed by atoms with Crippen molar-refractivity contribution < 1.29 is 9.90 Å². The van der Waals surface area contributed by atoms with Crippen LogP contribution in [-0.4, -0.2) is 26.2 Å². The van der Waals surface area contributed by atoms with E-state index in [1.807, 2.05) is 35.9 Å². The van der Waals surface area contributed by atoms with Crippen LogP contribution < -0.4 is 0 Å². The lowest BCUT2D eigenvalue weighted by Gasteiger charge is -1.94. The van der Waals surface area contributed by atoms with Gasteiger partial charge in [0.05, 0.1) is 12.1 Å². The Kier molecular flexibility index (Phi) is 3.68. The zero-order chi connectivity index (χ0) is 12.3. The molecule has 4 nitrogen and oxygen atoms in total. The van der Waals surface area contributed by atoms with Gasteiger partial charge in [-0.2, -0.15) is 11.8 Å². The summed E-state index contributed by atoms with van der Waals surface area (Å²) in [6.45, 7) is 2.04. The normalized spacial score (nSPS) is 10.9. The lowest BCUT2D eigenvalue weighted by molar-refractivity contribution is -0.136. The predicted octanol–water partition coefficient (Wildman–Crippen LogP) is 2.35. The van der Waals surface area contributed by atoms with E-state index in [0.717, 1.165) is 17.1 Å². The zero-order valence-corrected chi connectivity index (χ0v) is 10.4. The molecule has 2 rings (SSSR count). The van der Waals surface area contributed by atoms with E-state index >= 15 is 0 Å². The number of hydrogen-bond donors (Lipinski definition) is 1. The number of thioether (sulfide) groups is 1. The Hall–Kier alpha value is -1.49. The molecule has 1 N–H and O–H groups in total. The Morgan fingerprint density at radius 3 is 3.06 bits per heavy atom. The van der Waals surface area contributed by atoms with Crippen LogP contribution in [0.3, 0.4) is 0 Å². The van der Waals surface area contributed by atoms with Crippen molar-refractivity contribution in [3.8, 4) is 0 Å². The van der Waals surface area contributed by atoms with Gasteiger partial charge in [0.25, 0.3) is 0 Å². The number of hydrogen-bond acceptors (Lipinski definition) is 3. The zero-order valence-electron chi connectivity index (χ0n) is 9.59. The first-order valence-corrected chi connectivity index (χ1v) is 6.54. The average Bonchev–Trinajstić information content (AvgIpc) is 2.66. The topological polar surface area (TPSA) is 54.6 Å². The third kappa shape index (κ3) is 3.23. The van der Waals surface area contributed by atoms with Crippen LogP contribution in [0.4, 0.5) is 0 Å². The molecule has 90 valence electrons. The van der Waals surface area contributed by atoms with Gasteiger partial charge in [0, 0.05) is 23.9 Å². The second-order valence-corrected chi connectivity index (χ2v) is 5.01. The van der Waals surface area contributed by atoms with E-state index < -0.39 is 5.97 Å². The maximum atomic E-state index is 10.4. The van der Waals surface area contributed by atoms with Crippen molar-refractivity contribution in [3.05, 3.63) is 35.8 Å². The van der Waals surface area contributed by atoms with Crippen molar-refractivity contribution >= 4 is 23.4 Å². The van der Waals surface area contributed by atoms with Gasteiger partial charge in [-0.1, -0.05) is 6.07 Å². The van der Waals surface area contributed by atoms with E-state index in [2.05, 4.69) is 4.98 Å². The molecule has 0 unspecified atom stereocenters. The Morgan fingerprint density at radius 1 is 1.47 bits per heavy atom. The van der Waals surface area contributed by atoms with Crippen LogP contribution in [0.2, 0.25) is 0 Å². The Bertz CT molecular complexity index is 536. The summed E-state index contributed by atoms with van der Waals surface area (Å²) >= 11 is 1.60. The lowest BCUT2D eigenvalue weighted by Crippen LogP contribution is -1.96. The number of nitrogens with zero attached hydrogens (tertiary/aromatic N) is 2. The molecule has 0 bridgehead atoms. The quantitative estimate of drug-likeness (QED) is 0.828. The number of carboxylic acids is 1. The lowest BCUT2D eigenvalue weighted by atomic mass is 10.3. The van der Waals surface area contributed by atoms with Crippen molar-refractivity contribution in [1.82, 2.24) is 9.38 Å². The van der Waals surface area contributed by atoms with Crippen molar-refractivity contribution in [1.29, 1.82) is 0 Å². The second-order valence-electron chi connectivity index (χ2n) is 3.90. The van der Waals surface area contributed by atoms with Gasteiger partial charge in [0.2, 0.25) is 0 Å². The molecule has 0 spiro atoms. The molecular formula is C12H14N2O2S. The summed E-state index contributed by atoms with van der Waals surface area (Å²) in [5.74, 6) is 0.638. The Morgan fingerprint density at radius 2 is 2.29 bits per heavy atom. The van der Waals surface area contributed by atoms with Crippen LogP contribution in [-0.2, 0) is 10.5 Å². The number of imidazole rings is 1. The minimum absolute atomic E-state index is 0.206. The summed E-state index contributed by atoms with van der Waals surface area (Å²) in [7, 11) is 0. The molecule has 0 aromatic carbocycles. The maximum absolute atomic E-state index is 10.4. The van der Waals surface area contributed by atoms with Gasteiger partial charge in [0.15, 0.2) is 0 Å². The van der Waals surface area contributed by atoms with E-state index in [0.29, 0.717) is 5.75 Å². The van der Waals surface area contributed by atoms with Gasteiger partial charge in [-0.05, 0) is 18.6 Å². The van der Waals surface area contributed by atoms with Crippen LogP contribution in [0.25, 0.3) is 5.65 Å². The largest absolute Gasteiger partial charge is 0.481 e. The first-order chi connectivity index (χ1) is 8.15. The van der Waals surface area contributed by atoms with Gasteiger partial charge in [-0.25, -0.2) is 4.98 Å². The molecule has 2 aromatic rings. The smallest absolute Gasteiger partial charge is 0.304 e. The number of rotatable bonds is 5. The summed E-state index contributed by atoms with van der Waals surface area (Å²) < 4.78 is 2.00. The molecule has 0 atom stereocenters. The molecule has 0 aliphatic rings. The van der Waals surface area contributed by atoms with Crippen LogP contribution >= 0.6 is 11.8 Å². The molecule has 0 fully saturated rings. The molecule has 5 heteroatoms. The van der Waals surface area contributed by atoms with Gasteiger partial charge >= 0.3 is 5.97 Å². The van der Waals surface area contributed by atoms with Gasteiger partial charge < -0.3 is 9.51 Å². The summed E-state index contributed by atoms with van der Waals surface area (Å²) in [5, 5.41) is 8.52. The number of fused-ring (bicyclic) bond motifs is 1. The minimum atomic E-state index is -0.747. The molecule has 0 aliphatic carbocycles. The van der Waals surface area contributed by atoms with Crippen LogP contribution in [0.15, 0.2) is 24.5 Å². The molecule has 0 aliphatic heterocycles. The third-order valence-electron chi connectivity index (χ3n) is 2.36. The van der Waals surface area contributed by atoms with Crippen molar-refractivity contribution in [3.63, 3.8) is 0 Å². The number of aromatic nitrogens is 2. The minimum Gasteiger partial charge on any atom is -0.481 e. The number of carboxylic acid groups (broad SMARTS) is 1. The van der Waals surface area contributed by atoms with E-state index in [1.165, 1.54) is 5.56 Å². The SMILES string of the molecule is Cc1ccc2nc(CSCCC(=O)O)cn2c1.